The van der Waals surface area contributed by atoms with Gasteiger partial charge in [-0.15, -0.1) is 0 Å². The van der Waals surface area contributed by atoms with E-state index in [4.69, 9.17) is 11.6 Å². The van der Waals surface area contributed by atoms with E-state index in [2.05, 4.69) is 5.32 Å². The lowest BCUT2D eigenvalue weighted by Gasteiger charge is -2.32. The van der Waals surface area contributed by atoms with Gasteiger partial charge in [0, 0.05) is 37.5 Å². The summed E-state index contributed by atoms with van der Waals surface area (Å²) < 4.78 is 26.3. The molecule has 0 radical (unpaired) electrons. The van der Waals surface area contributed by atoms with Crippen molar-refractivity contribution < 1.29 is 18.0 Å². The van der Waals surface area contributed by atoms with E-state index in [1.165, 1.54) is 4.31 Å². The molecule has 0 aliphatic carbocycles. The van der Waals surface area contributed by atoms with Crippen molar-refractivity contribution in [3.05, 3.63) is 101 Å². The van der Waals surface area contributed by atoms with Crippen molar-refractivity contribution in [2.75, 3.05) is 23.7 Å². The van der Waals surface area contributed by atoms with E-state index in [9.17, 15) is 18.0 Å². The average molecular weight is 570 g/mol. The first kappa shape index (κ1) is 30.2. The number of halogens is 1. The number of aryl methyl sites for hydroxylation is 1. The van der Waals surface area contributed by atoms with Gasteiger partial charge >= 0.3 is 0 Å². The second-order valence-corrected chi connectivity index (χ2v) is 11.9. The zero-order valence-electron chi connectivity index (χ0n) is 22.6. The van der Waals surface area contributed by atoms with Crippen LogP contribution < -0.4 is 9.62 Å². The van der Waals surface area contributed by atoms with Crippen molar-refractivity contribution in [2.45, 2.75) is 45.7 Å². The summed E-state index contributed by atoms with van der Waals surface area (Å²) in [6.07, 6.45) is 1.84. The molecule has 0 aliphatic heterocycles. The molecule has 1 N–H and O–H groups in total. The number of hydrogen-bond donors (Lipinski definition) is 1. The Bertz CT molecular complexity index is 1370. The molecule has 0 heterocycles. The Morgan fingerprint density at radius 2 is 1.64 bits per heavy atom. The Labute approximate surface area is 236 Å². The highest BCUT2D eigenvalue weighted by atomic mass is 35.5. The van der Waals surface area contributed by atoms with Crippen LogP contribution in [0.2, 0.25) is 5.02 Å². The van der Waals surface area contributed by atoms with Gasteiger partial charge in [-0.25, -0.2) is 8.42 Å². The largest absolute Gasteiger partial charge is 0.355 e. The lowest BCUT2D eigenvalue weighted by atomic mass is 10.0. The quantitative estimate of drug-likeness (QED) is 0.315. The smallest absolute Gasteiger partial charge is 0.243 e. The molecule has 3 aromatic carbocycles. The SMILES string of the molecule is CCNC(=O)C(Cc1ccccc1)N(Cc1cccc(C)c1)C(=O)CCCN(c1cccc(Cl)c1)S(C)(=O)=O. The number of carbonyl (C=O) groups excluding carboxylic acids is 2. The molecule has 1 atom stereocenters. The number of amides is 2. The Morgan fingerprint density at radius 1 is 0.949 bits per heavy atom. The molecule has 0 aliphatic rings. The maximum atomic E-state index is 13.8. The highest BCUT2D eigenvalue weighted by Crippen LogP contribution is 2.23. The number of carbonyl (C=O) groups is 2. The zero-order chi connectivity index (χ0) is 28.4. The summed E-state index contributed by atoms with van der Waals surface area (Å²) in [4.78, 5) is 28.6. The van der Waals surface area contributed by atoms with Gasteiger partial charge in [0.15, 0.2) is 0 Å². The first-order valence-electron chi connectivity index (χ1n) is 13.0. The van der Waals surface area contributed by atoms with Crippen LogP contribution in [0.5, 0.6) is 0 Å². The third-order valence-corrected chi connectivity index (χ3v) is 7.74. The highest BCUT2D eigenvalue weighted by Gasteiger charge is 2.30. The topological polar surface area (TPSA) is 86.8 Å². The molecule has 0 bridgehead atoms. The van der Waals surface area contributed by atoms with Gasteiger partial charge in [0.2, 0.25) is 21.8 Å². The van der Waals surface area contributed by atoms with Crippen molar-refractivity contribution in [2.24, 2.45) is 0 Å². The van der Waals surface area contributed by atoms with Crippen molar-refractivity contribution in [3.63, 3.8) is 0 Å². The first-order chi connectivity index (χ1) is 18.6. The molecule has 3 aromatic rings. The summed E-state index contributed by atoms with van der Waals surface area (Å²) in [5, 5.41) is 3.31. The van der Waals surface area contributed by atoms with E-state index in [-0.39, 0.29) is 37.7 Å². The van der Waals surface area contributed by atoms with Gasteiger partial charge in [-0.3, -0.25) is 13.9 Å². The van der Waals surface area contributed by atoms with Gasteiger partial charge in [-0.05, 0) is 49.6 Å². The van der Waals surface area contributed by atoms with Gasteiger partial charge < -0.3 is 10.2 Å². The third-order valence-electron chi connectivity index (χ3n) is 6.31. The maximum Gasteiger partial charge on any atom is 0.243 e. The summed E-state index contributed by atoms with van der Waals surface area (Å²) in [5.41, 5.74) is 3.36. The monoisotopic (exact) mass is 569 g/mol. The van der Waals surface area contributed by atoms with Crippen molar-refractivity contribution in [1.29, 1.82) is 0 Å². The van der Waals surface area contributed by atoms with Crippen LogP contribution in [0.25, 0.3) is 0 Å². The summed E-state index contributed by atoms with van der Waals surface area (Å²) in [7, 11) is -3.60. The summed E-state index contributed by atoms with van der Waals surface area (Å²) in [6.45, 7) is 4.64. The Kier molecular flexibility index (Phi) is 10.9. The minimum Gasteiger partial charge on any atom is -0.355 e. The number of likely N-dealkylation sites (N-methyl/N-ethyl adjacent to an activating group) is 1. The standard InChI is InChI=1S/C30H36ClN3O4S/c1-4-32-30(36)28(20-24-12-6-5-7-13-24)33(22-25-14-8-11-23(2)19-25)29(35)17-10-18-34(39(3,37)38)27-16-9-15-26(31)21-27/h5-9,11-16,19,21,28H,4,10,17-18,20,22H2,1-3H3,(H,32,36). The number of nitrogens with one attached hydrogen (secondary N) is 1. The third kappa shape index (κ3) is 9.11. The molecule has 1 unspecified atom stereocenters. The van der Waals surface area contributed by atoms with E-state index < -0.39 is 16.1 Å². The second-order valence-electron chi connectivity index (χ2n) is 9.53. The minimum absolute atomic E-state index is 0.0725. The molecular formula is C30H36ClN3O4S. The lowest BCUT2D eigenvalue weighted by molar-refractivity contribution is -0.141. The van der Waals surface area contributed by atoms with Crippen molar-refractivity contribution in [3.8, 4) is 0 Å². The fraction of sp³-hybridized carbons (Fsp3) is 0.333. The number of nitrogens with zero attached hydrogens (tertiary/aromatic N) is 2. The minimum atomic E-state index is -3.60. The average Bonchev–Trinajstić information content (AvgIpc) is 2.88. The number of sulfonamides is 1. The van der Waals surface area contributed by atoms with E-state index in [1.54, 1.807) is 29.2 Å². The number of hydrogen-bond acceptors (Lipinski definition) is 4. The zero-order valence-corrected chi connectivity index (χ0v) is 24.2. The van der Waals surface area contributed by atoms with E-state index >= 15 is 0 Å². The van der Waals surface area contributed by atoms with Crippen LogP contribution in [0.3, 0.4) is 0 Å². The predicted molar refractivity (Wildman–Crippen MR) is 157 cm³/mol. The summed E-state index contributed by atoms with van der Waals surface area (Å²) in [5.74, 6) is -0.442. The van der Waals surface area contributed by atoms with Crippen LogP contribution in [0.4, 0.5) is 5.69 Å². The molecule has 0 spiro atoms. The molecule has 9 heteroatoms. The second kappa shape index (κ2) is 14.1. The fourth-order valence-corrected chi connectivity index (χ4v) is 5.63. The predicted octanol–water partition coefficient (Wildman–Crippen LogP) is 4.97. The molecule has 0 fully saturated rings. The van der Waals surface area contributed by atoms with Crippen LogP contribution >= 0.6 is 11.6 Å². The van der Waals surface area contributed by atoms with Crippen LogP contribution in [0.1, 0.15) is 36.5 Å². The van der Waals surface area contributed by atoms with Gasteiger partial charge in [0.05, 0.1) is 11.9 Å². The van der Waals surface area contributed by atoms with Gasteiger partial charge in [-0.2, -0.15) is 0 Å². The van der Waals surface area contributed by atoms with Crippen LogP contribution in [0, 0.1) is 6.92 Å². The first-order valence-corrected chi connectivity index (χ1v) is 15.2. The normalized spacial score (nSPS) is 12.0. The maximum absolute atomic E-state index is 13.8. The van der Waals surface area contributed by atoms with Crippen LogP contribution in [-0.2, 0) is 32.6 Å². The molecule has 39 heavy (non-hydrogen) atoms. The highest BCUT2D eigenvalue weighted by molar-refractivity contribution is 7.92. The van der Waals surface area contributed by atoms with E-state index in [0.29, 0.717) is 23.7 Å². The Balaban J connectivity index is 1.86. The molecule has 0 saturated heterocycles. The number of rotatable bonds is 13. The molecule has 0 saturated carbocycles. The van der Waals surface area contributed by atoms with Gasteiger partial charge in [-0.1, -0.05) is 77.8 Å². The van der Waals surface area contributed by atoms with Crippen LogP contribution in [-0.4, -0.2) is 50.5 Å². The molecule has 208 valence electrons. The van der Waals surface area contributed by atoms with Crippen molar-refractivity contribution >= 4 is 39.1 Å². The van der Waals surface area contributed by atoms with E-state index in [0.717, 1.165) is 22.9 Å². The Morgan fingerprint density at radius 3 is 2.28 bits per heavy atom. The van der Waals surface area contributed by atoms with Gasteiger partial charge in [0.25, 0.3) is 0 Å². The molecule has 7 nitrogen and oxygen atoms in total. The molecule has 2 amide bonds. The van der Waals surface area contributed by atoms with Crippen molar-refractivity contribution in [1.82, 2.24) is 10.2 Å². The lowest BCUT2D eigenvalue weighted by Crippen LogP contribution is -2.50. The fourth-order valence-electron chi connectivity index (χ4n) is 4.49. The molecule has 3 rings (SSSR count). The van der Waals surface area contributed by atoms with Crippen LogP contribution in [0.15, 0.2) is 78.9 Å². The summed E-state index contributed by atoms with van der Waals surface area (Å²) >= 11 is 6.09. The molecule has 0 aromatic heterocycles. The molecular weight excluding hydrogens is 534 g/mol. The van der Waals surface area contributed by atoms with E-state index in [1.807, 2.05) is 68.4 Å². The Hall–Kier alpha value is -3.36. The number of anilines is 1. The summed E-state index contributed by atoms with van der Waals surface area (Å²) in [6, 6.07) is 23.4. The number of benzene rings is 3. The van der Waals surface area contributed by atoms with Gasteiger partial charge in [0.1, 0.15) is 6.04 Å².